The van der Waals surface area contributed by atoms with Crippen molar-refractivity contribution in [1.82, 2.24) is 5.32 Å². The summed E-state index contributed by atoms with van der Waals surface area (Å²) in [5.74, 6) is -0.0167. The SMILES string of the molecule is CCS(=O)CCNC(=O)N(CCC(=O)O)c1ccccc1. The molecule has 2 N–H and O–H groups in total. The topological polar surface area (TPSA) is 86.7 Å². The summed E-state index contributed by atoms with van der Waals surface area (Å²) in [5, 5.41) is 11.4. The number of urea groups is 1. The van der Waals surface area contributed by atoms with Crippen molar-refractivity contribution in [3.05, 3.63) is 30.3 Å². The summed E-state index contributed by atoms with van der Waals surface area (Å²) in [4.78, 5) is 24.2. The molecule has 21 heavy (non-hydrogen) atoms. The molecule has 2 amide bonds. The van der Waals surface area contributed by atoms with Crippen LogP contribution in [0.4, 0.5) is 10.5 Å². The highest BCUT2D eigenvalue weighted by Gasteiger charge is 2.16. The predicted octanol–water partition coefficient (Wildman–Crippen LogP) is 1.45. The van der Waals surface area contributed by atoms with Gasteiger partial charge in [0.05, 0.1) is 6.42 Å². The third-order valence-corrected chi connectivity index (χ3v) is 4.09. The number of carboxylic acid groups (broad SMARTS) is 1. The van der Waals surface area contributed by atoms with Crippen LogP contribution in [-0.4, -0.2) is 45.9 Å². The van der Waals surface area contributed by atoms with Crippen molar-refractivity contribution in [2.24, 2.45) is 0 Å². The second-order valence-corrected chi connectivity index (χ2v) is 6.16. The Morgan fingerprint density at radius 3 is 2.52 bits per heavy atom. The van der Waals surface area contributed by atoms with Gasteiger partial charge in [0, 0.05) is 41.1 Å². The molecule has 1 atom stereocenters. The van der Waals surface area contributed by atoms with E-state index >= 15 is 0 Å². The fraction of sp³-hybridized carbons (Fsp3) is 0.429. The van der Waals surface area contributed by atoms with Crippen LogP contribution in [0.3, 0.4) is 0 Å². The van der Waals surface area contributed by atoms with Crippen molar-refractivity contribution >= 4 is 28.5 Å². The Hall–Kier alpha value is -1.89. The maximum absolute atomic E-state index is 12.1. The van der Waals surface area contributed by atoms with Gasteiger partial charge in [-0.1, -0.05) is 25.1 Å². The number of amides is 2. The van der Waals surface area contributed by atoms with Gasteiger partial charge in [-0.25, -0.2) is 4.79 Å². The van der Waals surface area contributed by atoms with Gasteiger partial charge < -0.3 is 10.4 Å². The quantitative estimate of drug-likeness (QED) is 0.760. The Kier molecular flexibility index (Phi) is 7.45. The third kappa shape index (κ3) is 6.40. The molecular weight excluding hydrogens is 292 g/mol. The smallest absolute Gasteiger partial charge is 0.321 e. The molecule has 0 heterocycles. The van der Waals surface area contributed by atoms with Gasteiger partial charge in [-0.3, -0.25) is 13.9 Å². The molecule has 1 aromatic rings. The number of carbonyl (C=O) groups excluding carboxylic acids is 1. The molecule has 0 saturated heterocycles. The molecule has 1 unspecified atom stereocenters. The van der Waals surface area contributed by atoms with E-state index in [0.29, 0.717) is 23.7 Å². The number of benzene rings is 1. The van der Waals surface area contributed by atoms with Crippen LogP contribution in [0.15, 0.2) is 30.3 Å². The van der Waals surface area contributed by atoms with Crippen molar-refractivity contribution in [1.29, 1.82) is 0 Å². The first-order chi connectivity index (χ1) is 10.0. The van der Waals surface area contributed by atoms with Gasteiger partial charge in [-0.15, -0.1) is 0 Å². The molecule has 116 valence electrons. The number of hydrogen-bond donors (Lipinski definition) is 2. The molecule has 0 aliphatic carbocycles. The number of hydrogen-bond acceptors (Lipinski definition) is 3. The van der Waals surface area contributed by atoms with Gasteiger partial charge in [0.15, 0.2) is 0 Å². The van der Waals surface area contributed by atoms with Gasteiger partial charge in [-0.05, 0) is 12.1 Å². The molecular formula is C14H20N2O4S. The number of aliphatic carboxylic acids is 1. The fourth-order valence-corrected chi connectivity index (χ4v) is 2.29. The molecule has 6 nitrogen and oxygen atoms in total. The number of nitrogens with one attached hydrogen (secondary N) is 1. The van der Waals surface area contributed by atoms with Crippen molar-refractivity contribution in [2.75, 3.05) is 29.5 Å². The van der Waals surface area contributed by atoms with E-state index in [1.807, 2.05) is 13.0 Å². The first kappa shape index (κ1) is 17.2. The van der Waals surface area contributed by atoms with Gasteiger partial charge in [0.1, 0.15) is 0 Å². The lowest BCUT2D eigenvalue weighted by molar-refractivity contribution is -0.136. The zero-order valence-corrected chi connectivity index (χ0v) is 12.8. The number of carboxylic acids is 1. The zero-order valence-electron chi connectivity index (χ0n) is 11.9. The Morgan fingerprint density at radius 1 is 1.29 bits per heavy atom. The van der Waals surface area contributed by atoms with Crippen LogP contribution in [0.5, 0.6) is 0 Å². The average Bonchev–Trinajstić information content (AvgIpc) is 2.48. The molecule has 0 radical (unpaired) electrons. The van der Waals surface area contributed by atoms with Crippen LogP contribution < -0.4 is 10.2 Å². The maximum atomic E-state index is 12.1. The molecule has 0 bridgehead atoms. The summed E-state index contributed by atoms with van der Waals surface area (Å²) in [6.07, 6.45) is -0.136. The monoisotopic (exact) mass is 312 g/mol. The molecule has 0 fully saturated rings. The van der Waals surface area contributed by atoms with E-state index in [9.17, 15) is 13.8 Å². The van der Waals surface area contributed by atoms with Gasteiger partial charge in [0.25, 0.3) is 0 Å². The Bertz CT molecular complexity index is 493. The Morgan fingerprint density at radius 2 is 1.95 bits per heavy atom. The van der Waals surface area contributed by atoms with Crippen molar-refractivity contribution in [3.8, 4) is 0 Å². The standard InChI is InChI=1S/C14H20N2O4S/c1-2-21(20)11-9-15-14(19)16(10-8-13(17)18)12-6-4-3-5-7-12/h3-7H,2,8-11H2,1H3,(H,15,19)(H,17,18). The fourth-order valence-electron chi connectivity index (χ4n) is 1.67. The first-order valence-corrected chi connectivity index (χ1v) is 8.20. The number of para-hydroxylation sites is 1. The first-order valence-electron chi connectivity index (χ1n) is 6.71. The molecule has 1 rings (SSSR count). The molecule has 0 aromatic heterocycles. The van der Waals surface area contributed by atoms with E-state index in [1.54, 1.807) is 24.3 Å². The van der Waals surface area contributed by atoms with Gasteiger partial charge in [0.2, 0.25) is 0 Å². The molecule has 0 saturated carbocycles. The van der Waals surface area contributed by atoms with E-state index in [4.69, 9.17) is 5.11 Å². The number of carbonyl (C=O) groups is 2. The highest BCUT2D eigenvalue weighted by molar-refractivity contribution is 7.84. The third-order valence-electron chi connectivity index (χ3n) is 2.79. The minimum Gasteiger partial charge on any atom is -0.481 e. The summed E-state index contributed by atoms with van der Waals surface area (Å²) in [6.45, 7) is 2.21. The van der Waals surface area contributed by atoms with Crippen LogP contribution >= 0.6 is 0 Å². The van der Waals surface area contributed by atoms with Crippen molar-refractivity contribution in [2.45, 2.75) is 13.3 Å². The van der Waals surface area contributed by atoms with Crippen LogP contribution in [-0.2, 0) is 15.6 Å². The molecule has 1 aromatic carbocycles. The second-order valence-electron chi connectivity index (χ2n) is 4.30. The lowest BCUT2D eigenvalue weighted by Crippen LogP contribution is -2.42. The molecule has 7 heteroatoms. The van der Waals surface area contributed by atoms with Crippen LogP contribution in [0.1, 0.15) is 13.3 Å². The van der Waals surface area contributed by atoms with Crippen LogP contribution in [0, 0.1) is 0 Å². The summed E-state index contributed by atoms with van der Waals surface area (Å²) < 4.78 is 11.3. The van der Waals surface area contributed by atoms with E-state index < -0.39 is 16.8 Å². The summed E-state index contributed by atoms with van der Waals surface area (Å²) in [5.41, 5.74) is 0.632. The maximum Gasteiger partial charge on any atom is 0.321 e. The largest absolute Gasteiger partial charge is 0.481 e. The van der Waals surface area contributed by atoms with Gasteiger partial charge in [-0.2, -0.15) is 0 Å². The molecule has 0 aliphatic heterocycles. The summed E-state index contributed by atoms with van der Waals surface area (Å²) in [6, 6.07) is 8.49. The minimum atomic E-state index is -0.962. The summed E-state index contributed by atoms with van der Waals surface area (Å²) in [7, 11) is -0.940. The van der Waals surface area contributed by atoms with E-state index in [0.717, 1.165) is 0 Å². The molecule has 0 spiro atoms. The second kappa shape index (κ2) is 9.12. The van der Waals surface area contributed by atoms with Crippen molar-refractivity contribution in [3.63, 3.8) is 0 Å². The van der Waals surface area contributed by atoms with Crippen LogP contribution in [0.25, 0.3) is 0 Å². The van der Waals surface area contributed by atoms with Crippen molar-refractivity contribution < 1.29 is 18.9 Å². The van der Waals surface area contributed by atoms with E-state index in [-0.39, 0.29) is 19.0 Å². The summed E-state index contributed by atoms with van der Waals surface area (Å²) >= 11 is 0. The Balaban J connectivity index is 2.65. The Labute approximate surface area is 126 Å². The molecule has 0 aliphatic rings. The predicted molar refractivity (Wildman–Crippen MR) is 83.0 cm³/mol. The number of rotatable bonds is 8. The van der Waals surface area contributed by atoms with E-state index in [2.05, 4.69) is 5.32 Å². The van der Waals surface area contributed by atoms with Gasteiger partial charge >= 0.3 is 12.0 Å². The highest BCUT2D eigenvalue weighted by atomic mass is 32.2. The highest BCUT2D eigenvalue weighted by Crippen LogP contribution is 2.13. The number of nitrogens with zero attached hydrogens (tertiary/aromatic N) is 1. The lowest BCUT2D eigenvalue weighted by Gasteiger charge is -2.22. The zero-order chi connectivity index (χ0) is 15.7. The normalized spacial score (nSPS) is 11.7. The minimum absolute atomic E-state index is 0.0854. The number of anilines is 1. The average molecular weight is 312 g/mol. The van der Waals surface area contributed by atoms with E-state index in [1.165, 1.54) is 4.90 Å². The lowest BCUT2D eigenvalue weighted by atomic mass is 10.3. The van der Waals surface area contributed by atoms with Crippen LogP contribution in [0.2, 0.25) is 0 Å².